The largest absolute Gasteiger partial charge is 0.458 e. The van der Waals surface area contributed by atoms with Crippen molar-refractivity contribution in [1.29, 1.82) is 0 Å². The number of esters is 1. The highest BCUT2D eigenvalue weighted by atomic mass is 32.1. The lowest BCUT2D eigenvalue weighted by molar-refractivity contribution is -0.384. The van der Waals surface area contributed by atoms with E-state index in [9.17, 15) is 19.7 Å². The van der Waals surface area contributed by atoms with Crippen molar-refractivity contribution in [3.8, 4) is 11.3 Å². The van der Waals surface area contributed by atoms with Crippen LogP contribution < -0.4 is 14.9 Å². The summed E-state index contributed by atoms with van der Waals surface area (Å²) in [6.07, 6.45) is 3.08. The minimum atomic E-state index is -0.719. The van der Waals surface area contributed by atoms with Crippen LogP contribution in [0.4, 0.5) is 5.69 Å². The maximum Gasteiger partial charge on any atom is 0.338 e. The number of rotatable bonds is 7. The predicted molar refractivity (Wildman–Crippen MR) is 142 cm³/mol. The number of non-ortho nitro benzene ring substituents is 1. The number of thiazole rings is 1. The number of benzene rings is 2. The number of nitrogens with zero attached hydrogens (tertiary/aromatic N) is 3. The van der Waals surface area contributed by atoms with Gasteiger partial charge in [-0.1, -0.05) is 66.5 Å². The lowest BCUT2D eigenvalue weighted by Crippen LogP contribution is -2.39. The van der Waals surface area contributed by atoms with E-state index in [1.165, 1.54) is 34.1 Å². The molecule has 0 unspecified atom stereocenters. The number of fused-ring (bicyclic) bond motifs is 1. The van der Waals surface area contributed by atoms with Crippen molar-refractivity contribution in [3.63, 3.8) is 0 Å². The Labute approximate surface area is 220 Å². The molecule has 4 aromatic rings. The summed E-state index contributed by atoms with van der Waals surface area (Å²) in [6.45, 7) is 5.34. The standard InChI is InChI=1S/C28H21N3O6S/c1-3-14-36-27(33)24-17(2)29-28-30(25(24)18-8-5-4-6-9-18)26(32)23(38-28)16-21-12-13-22(37-21)19-10-7-11-20(15-19)31(34)35/h3-13,15-16,25H,1,14H2,2H3/b23-16-/t25-/m0/s1. The van der Waals surface area contributed by atoms with Gasteiger partial charge in [0, 0.05) is 23.8 Å². The van der Waals surface area contributed by atoms with Gasteiger partial charge in [-0.15, -0.1) is 0 Å². The van der Waals surface area contributed by atoms with Gasteiger partial charge in [-0.2, -0.15) is 0 Å². The summed E-state index contributed by atoms with van der Waals surface area (Å²) in [5.74, 6) is 0.259. The Bertz CT molecular complexity index is 1780. The SMILES string of the molecule is C=CCOC(=O)C1=C(C)N=c2s/c(=C\c3ccc(-c4cccc([N+](=O)[O-])c4)o3)c(=O)n2[C@H]1c1ccccc1. The number of ether oxygens (including phenoxy) is 1. The number of furan rings is 1. The monoisotopic (exact) mass is 527 g/mol. The molecule has 190 valence electrons. The van der Waals surface area contributed by atoms with Crippen molar-refractivity contribution >= 4 is 29.1 Å². The number of aromatic nitrogens is 1. The minimum Gasteiger partial charge on any atom is -0.458 e. The second kappa shape index (κ2) is 10.3. The molecular weight excluding hydrogens is 506 g/mol. The predicted octanol–water partition coefficient (Wildman–Crippen LogP) is 4.13. The van der Waals surface area contributed by atoms with E-state index >= 15 is 0 Å². The summed E-state index contributed by atoms with van der Waals surface area (Å²) in [7, 11) is 0. The van der Waals surface area contributed by atoms with Crippen LogP contribution >= 0.6 is 11.3 Å². The molecule has 0 amide bonds. The van der Waals surface area contributed by atoms with Gasteiger partial charge in [-0.25, -0.2) is 9.79 Å². The van der Waals surface area contributed by atoms with E-state index in [1.54, 1.807) is 37.3 Å². The topological polar surface area (TPSA) is 117 Å². The molecule has 0 bridgehead atoms. The molecule has 0 fully saturated rings. The Morgan fingerprint density at radius 2 is 2.00 bits per heavy atom. The van der Waals surface area contributed by atoms with Gasteiger partial charge in [-0.3, -0.25) is 19.5 Å². The molecule has 2 aromatic carbocycles. The van der Waals surface area contributed by atoms with Crippen molar-refractivity contribution in [3.05, 3.63) is 132 Å². The normalized spacial score (nSPS) is 15.1. The van der Waals surface area contributed by atoms with Gasteiger partial charge in [0.15, 0.2) is 4.80 Å². The molecule has 0 radical (unpaired) electrons. The zero-order valence-electron chi connectivity index (χ0n) is 20.2. The van der Waals surface area contributed by atoms with Crippen LogP contribution in [0.1, 0.15) is 24.3 Å². The molecule has 0 aliphatic carbocycles. The molecule has 0 N–H and O–H groups in total. The second-order valence-electron chi connectivity index (χ2n) is 8.39. The molecule has 1 aliphatic rings. The number of carbonyl (C=O) groups is 1. The molecule has 5 rings (SSSR count). The first-order chi connectivity index (χ1) is 18.4. The first-order valence-electron chi connectivity index (χ1n) is 11.6. The number of hydrogen-bond donors (Lipinski definition) is 0. The molecule has 0 spiro atoms. The first-order valence-corrected chi connectivity index (χ1v) is 12.4. The average Bonchev–Trinajstić information content (AvgIpc) is 3.51. The van der Waals surface area contributed by atoms with Crippen LogP contribution in [0.3, 0.4) is 0 Å². The van der Waals surface area contributed by atoms with Crippen LogP contribution in [0.5, 0.6) is 0 Å². The van der Waals surface area contributed by atoms with Crippen molar-refractivity contribution in [2.75, 3.05) is 6.61 Å². The van der Waals surface area contributed by atoms with Gasteiger partial charge >= 0.3 is 5.97 Å². The van der Waals surface area contributed by atoms with Crippen LogP contribution in [0, 0.1) is 10.1 Å². The smallest absolute Gasteiger partial charge is 0.338 e. The van der Waals surface area contributed by atoms with Crippen molar-refractivity contribution in [1.82, 2.24) is 4.57 Å². The summed E-state index contributed by atoms with van der Waals surface area (Å²) in [6, 6.07) is 18.0. The summed E-state index contributed by atoms with van der Waals surface area (Å²) in [5, 5.41) is 11.1. The Hall–Kier alpha value is -4.83. The van der Waals surface area contributed by atoms with Crippen LogP contribution in [0.15, 0.2) is 105 Å². The highest BCUT2D eigenvalue weighted by Crippen LogP contribution is 2.30. The Morgan fingerprint density at radius 1 is 1.21 bits per heavy atom. The molecule has 2 aromatic heterocycles. The van der Waals surface area contributed by atoms with E-state index in [2.05, 4.69) is 11.6 Å². The van der Waals surface area contributed by atoms with E-state index in [0.717, 1.165) is 5.56 Å². The summed E-state index contributed by atoms with van der Waals surface area (Å²) < 4.78 is 13.1. The molecular formula is C28H21N3O6S. The fraction of sp³-hybridized carbons (Fsp3) is 0.107. The summed E-state index contributed by atoms with van der Waals surface area (Å²) in [4.78, 5) is 42.3. The first kappa shape index (κ1) is 24.8. The Morgan fingerprint density at radius 3 is 2.74 bits per heavy atom. The summed E-state index contributed by atoms with van der Waals surface area (Å²) in [5.41, 5.74) is 1.65. The highest BCUT2D eigenvalue weighted by molar-refractivity contribution is 7.07. The van der Waals surface area contributed by atoms with Crippen LogP contribution in [-0.2, 0) is 9.53 Å². The zero-order chi connectivity index (χ0) is 26.8. The lowest BCUT2D eigenvalue weighted by atomic mass is 9.96. The zero-order valence-corrected chi connectivity index (χ0v) is 21.0. The van der Waals surface area contributed by atoms with Gasteiger partial charge < -0.3 is 9.15 Å². The van der Waals surface area contributed by atoms with Crippen LogP contribution in [0.25, 0.3) is 17.4 Å². The number of nitro benzene ring substituents is 1. The third-order valence-corrected chi connectivity index (χ3v) is 6.91. The number of nitro groups is 1. The molecule has 38 heavy (non-hydrogen) atoms. The molecule has 0 saturated heterocycles. The lowest BCUT2D eigenvalue weighted by Gasteiger charge is -2.24. The fourth-order valence-corrected chi connectivity index (χ4v) is 5.26. The van der Waals surface area contributed by atoms with E-state index in [0.29, 0.717) is 32.1 Å². The maximum absolute atomic E-state index is 13.7. The van der Waals surface area contributed by atoms with Crippen molar-refractivity contribution in [2.24, 2.45) is 4.99 Å². The van der Waals surface area contributed by atoms with Crippen molar-refractivity contribution < 1.29 is 18.9 Å². The van der Waals surface area contributed by atoms with Gasteiger partial charge in [0.2, 0.25) is 0 Å². The van der Waals surface area contributed by atoms with Gasteiger partial charge in [0.25, 0.3) is 11.2 Å². The second-order valence-corrected chi connectivity index (χ2v) is 9.40. The van der Waals surface area contributed by atoms with Gasteiger partial charge in [0.1, 0.15) is 18.1 Å². The van der Waals surface area contributed by atoms with E-state index in [4.69, 9.17) is 9.15 Å². The summed E-state index contributed by atoms with van der Waals surface area (Å²) >= 11 is 1.18. The average molecular weight is 528 g/mol. The molecule has 1 atom stereocenters. The van der Waals surface area contributed by atoms with E-state index < -0.39 is 16.9 Å². The molecule has 10 heteroatoms. The third-order valence-electron chi connectivity index (χ3n) is 5.93. The van der Waals surface area contributed by atoms with E-state index in [-0.39, 0.29) is 23.4 Å². The number of hydrogen-bond acceptors (Lipinski definition) is 8. The van der Waals surface area contributed by atoms with Gasteiger partial charge in [0.05, 0.1) is 26.8 Å². The fourth-order valence-electron chi connectivity index (χ4n) is 4.23. The minimum absolute atomic E-state index is 0.0347. The van der Waals surface area contributed by atoms with Crippen LogP contribution in [0.2, 0.25) is 0 Å². The maximum atomic E-state index is 13.7. The third kappa shape index (κ3) is 4.64. The molecule has 3 heterocycles. The number of carbonyl (C=O) groups excluding carboxylic acids is 1. The Balaban J connectivity index is 1.60. The highest BCUT2D eigenvalue weighted by Gasteiger charge is 2.33. The number of allylic oxidation sites excluding steroid dienone is 1. The van der Waals surface area contributed by atoms with Crippen molar-refractivity contribution in [2.45, 2.75) is 13.0 Å². The van der Waals surface area contributed by atoms with Crippen LogP contribution in [-0.4, -0.2) is 22.1 Å². The molecule has 9 nitrogen and oxygen atoms in total. The van der Waals surface area contributed by atoms with E-state index in [1.807, 2.05) is 30.3 Å². The molecule has 1 aliphatic heterocycles. The molecule has 0 saturated carbocycles. The van der Waals surface area contributed by atoms with Gasteiger partial charge in [-0.05, 0) is 24.6 Å². The Kier molecular flexibility index (Phi) is 6.71. The quantitative estimate of drug-likeness (QED) is 0.154.